The van der Waals surface area contributed by atoms with Crippen molar-refractivity contribution in [2.24, 2.45) is 0 Å². The Balaban J connectivity index is 1.47. The first kappa shape index (κ1) is 32.7. The van der Waals surface area contributed by atoms with Gasteiger partial charge in [-0.15, -0.1) is 10.2 Å². The number of carbonyl (C=O) groups is 2. The average molecular weight is 647 g/mol. The molecule has 232 valence electrons. The van der Waals surface area contributed by atoms with Crippen LogP contribution in [0.4, 0.5) is 18.9 Å². The second-order valence-corrected chi connectivity index (χ2v) is 12.1. The maximum absolute atomic E-state index is 13.3. The molecule has 2 N–H and O–H groups in total. The van der Waals surface area contributed by atoms with Gasteiger partial charge in [-0.05, 0) is 48.5 Å². The minimum atomic E-state index is -4.63. The normalized spacial score (nSPS) is 11.9. The summed E-state index contributed by atoms with van der Waals surface area (Å²) in [6.07, 6.45) is -4.63. The molecule has 15 heteroatoms. The Hall–Kier alpha value is -4.21. The molecule has 1 aromatic heterocycles. The van der Waals surface area contributed by atoms with Crippen LogP contribution in [0.25, 0.3) is 5.69 Å². The zero-order chi connectivity index (χ0) is 31.9. The van der Waals surface area contributed by atoms with Crippen LogP contribution in [0.5, 0.6) is 0 Å². The third kappa shape index (κ3) is 7.65. The maximum Gasteiger partial charge on any atom is 0.418 e. The number of halogens is 3. The molecule has 2 amide bonds. The van der Waals surface area contributed by atoms with Crippen molar-refractivity contribution in [3.8, 4) is 5.69 Å². The summed E-state index contributed by atoms with van der Waals surface area (Å²) >= 11 is 0.966. The number of hydrogen-bond acceptors (Lipinski definition) is 7. The van der Waals surface area contributed by atoms with Gasteiger partial charge in [-0.1, -0.05) is 55.9 Å². The van der Waals surface area contributed by atoms with Gasteiger partial charge in [-0.25, -0.2) is 8.42 Å². The lowest BCUT2D eigenvalue weighted by Crippen LogP contribution is -2.30. The van der Waals surface area contributed by atoms with E-state index in [1.807, 2.05) is 0 Å². The van der Waals surface area contributed by atoms with Crippen molar-refractivity contribution < 1.29 is 31.2 Å². The third-order valence-electron chi connectivity index (χ3n) is 6.42. The number of alkyl halides is 3. The molecule has 10 nitrogen and oxygen atoms in total. The third-order valence-corrected chi connectivity index (χ3v) is 9.41. The Morgan fingerprint density at radius 1 is 0.909 bits per heavy atom. The summed E-state index contributed by atoms with van der Waals surface area (Å²) in [5.74, 6) is -1.07. The van der Waals surface area contributed by atoms with Crippen molar-refractivity contribution in [1.29, 1.82) is 0 Å². The van der Waals surface area contributed by atoms with Gasteiger partial charge >= 0.3 is 6.18 Å². The fourth-order valence-electron chi connectivity index (χ4n) is 4.25. The number of anilines is 1. The van der Waals surface area contributed by atoms with E-state index in [-0.39, 0.29) is 33.6 Å². The van der Waals surface area contributed by atoms with E-state index in [4.69, 9.17) is 0 Å². The van der Waals surface area contributed by atoms with Crippen molar-refractivity contribution in [3.63, 3.8) is 0 Å². The van der Waals surface area contributed by atoms with E-state index >= 15 is 0 Å². The fraction of sp³-hybridized carbons (Fsp3) is 0.241. The number of rotatable bonds is 12. The summed E-state index contributed by atoms with van der Waals surface area (Å²) in [7, 11) is -3.67. The zero-order valence-corrected chi connectivity index (χ0v) is 25.3. The lowest BCUT2D eigenvalue weighted by atomic mass is 10.1. The Labute approximate surface area is 256 Å². The number of thioether (sulfide) groups is 1. The second-order valence-electron chi connectivity index (χ2n) is 9.25. The molecular formula is C29H29F3N6O4S2. The summed E-state index contributed by atoms with van der Waals surface area (Å²) in [5, 5.41) is 13.6. The van der Waals surface area contributed by atoms with Gasteiger partial charge < -0.3 is 10.6 Å². The minimum absolute atomic E-state index is 0.0636. The Morgan fingerprint density at radius 3 is 2.18 bits per heavy atom. The van der Waals surface area contributed by atoms with E-state index in [0.717, 1.165) is 17.8 Å². The van der Waals surface area contributed by atoms with E-state index < -0.39 is 33.6 Å². The number of hydrogen-bond donors (Lipinski definition) is 2. The monoisotopic (exact) mass is 646 g/mol. The van der Waals surface area contributed by atoms with Crippen molar-refractivity contribution in [2.45, 2.75) is 36.6 Å². The van der Waals surface area contributed by atoms with E-state index in [9.17, 15) is 31.2 Å². The SMILES string of the molecule is CCN(CC)S(=O)(=O)c1ccc(C(=O)NCc2nnc(SCC(=O)Nc3ccccc3C(F)(F)F)n2-c2ccccc2)cc1. The molecule has 0 spiro atoms. The number of carbonyl (C=O) groups excluding carboxylic acids is 2. The fourth-order valence-corrected chi connectivity index (χ4v) is 6.48. The highest BCUT2D eigenvalue weighted by atomic mass is 32.2. The molecule has 0 bridgehead atoms. The Bertz CT molecular complexity index is 1710. The van der Waals surface area contributed by atoms with E-state index in [2.05, 4.69) is 20.8 Å². The van der Waals surface area contributed by atoms with Gasteiger partial charge in [0, 0.05) is 24.3 Å². The van der Waals surface area contributed by atoms with E-state index in [0.29, 0.717) is 24.6 Å². The molecule has 1 heterocycles. The highest BCUT2D eigenvalue weighted by molar-refractivity contribution is 7.99. The highest BCUT2D eigenvalue weighted by Gasteiger charge is 2.33. The zero-order valence-electron chi connectivity index (χ0n) is 23.7. The van der Waals surface area contributed by atoms with Crippen molar-refractivity contribution >= 4 is 39.3 Å². The van der Waals surface area contributed by atoms with E-state index in [1.54, 1.807) is 48.7 Å². The van der Waals surface area contributed by atoms with Crippen LogP contribution in [0.2, 0.25) is 0 Å². The smallest absolute Gasteiger partial charge is 0.345 e. The van der Waals surface area contributed by atoms with Gasteiger partial charge in [0.2, 0.25) is 15.9 Å². The van der Waals surface area contributed by atoms with Crippen molar-refractivity contribution in [3.05, 3.63) is 95.8 Å². The van der Waals surface area contributed by atoms with Gasteiger partial charge in [0.15, 0.2) is 11.0 Å². The molecule has 3 aromatic carbocycles. The highest BCUT2D eigenvalue weighted by Crippen LogP contribution is 2.34. The van der Waals surface area contributed by atoms with Crippen molar-refractivity contribution in [1.82, 2.24) is 24.4 Å². The number of nitrogens with one attached hydrogen (secondary N) is 2. The predicted octanol–water partition coefficient (Wildman–Crippen LogP) is 4.98. The summed E-state index contributed by atoms with van der Waals surface area (Å²) in [6.45, 7) is 4.06. The number of nitrogens with zero attached hydrogens (tertiary/aromatic N) is 4. The lowest BCUT2D eigenvalue weighted by Gasteiger charge is -2.18. The van der Waals surface area contributed by atoms with Gasteiger partial charge in [0.25, 0.3) is 5.91 Å². The number of amides is 2. The van der Waals surface area contributed by atoms with Crippen LogP contribution in [-0.4, -0.2) is 58.1 Å². The van der Waals surface area contributed by atoms with Crippen LogP contribution >= 0.6 is 11.8 Å². The van der Waals surface area contributed by atoms with Gasteiger partial charge in [-0.2, -0.15) is 17.5 Å². The van der Waals surface area contributed by atoms with E-state index in [1.165, 1.54) is 46.8 Å². The molecule has 4 rings (SSSR count). The standard InChI is InChI=1S/C29H29F3N6O4S2/c1-3-37(4-2)44(41,42)22-16-14-20(15-17-22)27(40)33-18-25-35-36-28(38(25)21-10-6-5-7-11-21)43-19-26(39)34-24-13-9-8-12-23(24)29(30,31)32/h5-17H,3-4,18-19H2,1-2H3,(H,33,40)(H,34,39). The first-order valence-electron chi connectivity index (χ1n) is 13.4. The number of aromatic nitrogens is 3. The largest absolute Gasteiger partial charge is 0.418 e. The van der Waals surface area contributed by atoms with Gasteiger partial charge in [0.1, 0.15) is 0 Å². The van der Waals surface area contributed by atoms with Crippen LogP contribution in [0, 0.1) is 0 Å². The predicted molar refractivity (Wildman–Crippen MR) is 160 cm³/mol. The van der Waals surface area contributed by atoms with Gasteiger partial charge in [-0.3, -0.25) is 14.2 Å². The second kappa shape index (κ2) is 14.1. The number of para-hydroxylation sites is 2. The first-order valence-corrected chi connectivity index (χ1v) is 15.8. The van der Waals surface area contributed by atoms with Crippen molar-refractivity contribution in [2.75, 3.05) is 24.2 Å². The molecule has 0 unspecified atom stereocenters. The molecule has 0 aliphatic heterocycles. The van der Waals surface area contributed by atoms with Crippen LogP contribution in [0.1, 0.15) is 35.6 Å². The molecule has 44 heavy (non-hydrogen) atoms. The lowest BCUT2D eigenvalue weighted by molar-refractivity contribution is -0.137. The maximum atomic E-state index is 13.3. The number of benzene rings is 3. The van der Waals surface area contributed by atoms with Crippen LogP contribution in [0.15, 0.2) is 88.9 Å². The molecule has 0 fully saturated rings. The van der Waals surface area contributed by atoms with Crippen LogP contribution in [-0.2, 0) is 27.5 Å². The molecule has 0 radical (unpaired) electrons. The minimum Gasteiger partial charge on any atom is -0.345 e. The summed E-state index contributed by atoms with van der Waals surface area (Å²) in [6, 6.07) is 19.2. The Kier molecular flexibility index (Phi) is 10.4. The van der Waals surface area contributed by atoms with Gasteiger partial charge in [0.05, 0.1) is 28.4 Å². The number of sulfonamides is 1. The molecule has 0 atom stereocenters. The summed E-state index contributed by atoms with van der Waals surface area (Å²) in [4.78, 5) is 25.6. The summed E-state index contributed by atoms with van der Waals surface area (Å²) < 4.78 is 68.4. The first-order chi connectivity index (χ1) is 21.0. The quantitative estimate of drug-likeness (QED) is 0.208. The van der Waals surface area contributed by atoms with Crippen LogP contribution < -0.4 is 10.6 Å². The molecular weight excluding hydrogens is 617 g/mol. The Morgan fingerprint density at radius 2 is 1.55 bits per heavy atom. The topological polar surface area (TPSA) is 126 Å². The van der Waals surface area contributed by atoms with Crippen LogP contribution in [0.3, 0.4) is 0 Å². The molecule has 0 aliphatic rings. The average Bonchev–Trinajstić information content (AvgIpc) is 3.42. The molecule has 0 aliphatic carbocycles. The molecule has 4 aromatic rings. The molecule has 0 saturated carbocycles. The summed E-state index contributed by atoms with van der Waals surface area (Å²) in [5.41, 5.74) is -0.432. The molecule has 0 saturated heterocycles.